The molecule has 1 aromatic rings. The van der Waals surface area contributed by atoms with E-state index in [1.807, 2.05) is 0 Å². The van der Waals surface area contributed by atoms with Gasteiger partial charge in [-0.3, -0.25) is 4.52 Å². The lowest BCUT2D eigenvalue weighted by atomic mass is 10.2. The van der Waals surface area contributed by atoms with E-state index in [9.17, 15) is 18.1 Å². The average Bonchev–Trinajstić information content (AvgIpc) is 2.66. The van der Waals surface area contributed by atoms with Crippen molar-refractivity contribution in [1.29, 1.82) is 0 Å². The van der Waals surface area contributed by atoms with E-state index in [-0.39, 0.29) is 4.90 Å². The maximum absolute atomic E-state index is 12.5. The second-order valence-corrected chi connectivity index (χ2v) is 8.89. The molecule has 4 unspecified atom stereocenters. The first-order valence-electron chi connectivity index (χ1n) is 6.09. The van der Waals surface area contributed by atoms with Gasteiger partial charge in [-0.2, -0.15) is 0 Å². The van der Waals surface area contributed by atoms with E-state index in [0.717, 1.165) is 0 Å². The first-order chi connectivity index (χ1) is 10.0. The van der Waals surface area contributed by atoms with E-state index in [2.05, 4.69) is 20.5 Å². The van der Waals surface area contributed by atoms with Gasteiger partial charge in [-0.05, 0) is 31.2 Å². The van der Waals surface area contributed by atoms with Crippen molar-refractivity contribution in [2.45, 2.75) is 35.6 Å². The van der Waals surface area contributed by atoms with E-state index < -0.39 is 41.4 Å². The zero-order valence-electron chi connectivity index (χ0n) is 11.2. The van der Waals surface area contributed by atoms with Crippen LogP contribution < -0.4 is 0 Å². The van der Waals surface area contributed by atoms with Crippen LogP contribution in [0.4, 0.5) is 0 Å². The normalized spacial score (nSPS) is 29.7. The standard InChI is InChI=1S/C11H14BrO8PS/c1-6-10(20-21(14,15)16)9(13)11(19-6)22(17,18)8-4-2-7(12)3-5-8/h2-6,9-11,13H,1H3,(H2,14,15,16). The van der Waals surface area contributed by atoms with Gasteiger partial charge in [0.2, 0.25) is 9.84 Å². The van der Waals surface area contributed by atoms with E-state index >= 15 is 0 Å². The molecule has 22 heavy (non-hydrogen) atoms. The molecule has 1 aliphatic heterocycles. The maximum Gasteiger partial charge on any atom is 0.470 e. The summed E-state index contributed by atoms with van der Waals surface area (Å²) in [6.45, 7) is 1.36. The fourth-order valence-corrected chi connectivity index (χ4v) is 4.63. The third kappa shape index (κ3) is 3.77. The monoisotopic (exact) mass is 416 g/mol. The molecule has 1 fully saturated rings. The van der Waals surface area contributed by atoms with Gasteiger partial charge >= 0.3 is 7.82 Å². The Morgan fingerprint density at radius 1 is 1.27 bits per heavy atom. The molecule has 3 N–H and O–H groups in total. The second kappa shape index (κ2) is 6.29. The van der Waals surface area contributed by atoms with Crippen LogP contribution in [0, 0.1) is 0 Å². The van der Waals surface area contributed by atoms with Crippen LogP contribution in [0.25, 0.3) is 0 Å². The second-order valence-electron chi connectivity index (χ2n) is 4.76. The quantitative estimate of drug-likeness (QED) is 0.614. The highest BCUT2D eigenvalue weighted by Crippen LogP contribution is 2.43. The smallest absolute Gasteiger partial charge is 0.386 e. The van der Waals surface area contributed by atoms with E-state index in [1.165, 1.54) is 31.2 Å². The molecule has 1 saturated heterocycles. The predicted octanol–water partition coefficient (Wildman–Crippen LogP) is 0.806. The number of sulfone groups is 1. The van der Waals surface area contributed by atoms with Crippen molar-refractivity contribution in [2.24, 2.45) is 0 Å². The van der Waals surface area contributed by atoms with Crippen LogP contribution in [0.5, 0.6) is 0 Å². The van der Waals surface area contributed by atoms with Gasteiger partial charge in [0.25, 0.3) is 0 Å². The highest BCUT2D eigenvalue weighted by Gasteiger charge is 2.51. The van der Waals surface area contributed by atoms with Crippen molar-refractivity contribution in [1.82, 2.24) is 0 Å². The van der Waals surface area contributed by atoms with Crippen LogP contribution >= 0.6 is 23.8 Å². The summed E-state index contributed by atoms with van der Waals surface area (Å²) in [5.74, 6) is 0. The molecule has 0 amide bonds. The summed E-state index contributed by atoms with van der Waals surface area (Å²) in [6.07, 6.45) is -4.18. The molecular weight excluding hydrogens is 403 g/mol. The molecule has 4 atom stereocenters. The van der Waals surface area contributed by atoms with Crippen molar-refractivity contribution in [3.05, 3.63) is 28.7 Å². The number of phosphoric acid groups is 1. The summed E-state index contributed by atoms with van der Waals surface area (Å²) in [5.41, 5.74) is -1.67. The van der Waals surface area contributed by atoms with Crippen LogP contribution in [0.2, 0.25) is 0 Å². The lowest BCUT2D eigenvalue weighted by Gasteiger charge is -2.19. The molecule has 0 aromatic heterocycles. The Balaban J connectivity index is 2.29. The molecule has 1 aromatic carbocycles. The SMILES string of the molecule is CC1OC(S(=O)(=O)c2ccc(Br)cc2)C(O)C1OP(=O)(O)O. The van der Waals surface area contributed by atoms with Crippen molar-refractivity contribution in [3.8, 4) is 0 Å². The molecule has 0 bridgehead atoms. The number of aliphatic hydroxyl groups is 1. The van der Waals surface area contributed by atoms with Gasteiger partial charge in [0.1, 0.15) is 12.2 Å². The Labute approximate surface area is 135 Å². The first-order valence-corrected chi connectivity index (χ1v) is 9.96. The van der Waals surface area contributed by atoms with Gasteiger partial charge in [-0.1, -0.05) is 15.9 Å². The van der Waals surface area contributed by atoms with Crippen LogP contribution in [0.15, 0.2) is 33.6 Å². The van der Waals surface area contributed by atoms with E-state index in [0.29, 0.717) is 4.47 Å². The minimum absolute atomic E-state index is 0.0798. The molecule has 11 heteroatoms. The van der Waals surface area contributed by atoms with Crippen LogP contribution in [-0.4, -0.2) is 47.1 Å². The number of ether oxygens (including phenoxy) is 1. The molecule has 1 aliphatic rings. The Morgan fingerprint density at radius 3 is 2.32 bits per heavy atom. The van der Waals surface area contributed by atoms with Gasteiger partial charge in [0.15, 0.2) is 5.44 Å². The summed E-state index contributed by atoms with van der Waals surface area (Å²) in [7, 11) is -8.94. The maximum atomic E-state index is 12.5. The highest BCUT2D eigenvalue weighted by atomic mass is 79.9. The zero-order chi connectivity index (χ0) is 16.7. The first kappa shape index (κ1) is 18.0. The summed E-state index contributed by atoms with van der Waals surface area (Å²) < 4.78 is 46.1. The topological polar surface area (TPSA) is 130 Å². The fraction of sp³-hybridized carbons (Fsp3) is 0.455. The number of hydrogen-bond donors (Lipinski definition) is 3. The molecule has 1 heterocycles. The number of halogens is 1. The fourth-order valence-electron chi connectivity index (χ4n) is 2.12. The molecule has 0 saturated carbocycles. The minimum atomic E-state index is -4.89. The average molecular weight is 417 g/mol. The molecular formula is C11H14BrO8PS. The molecule has 124 valence electrons. The molecule has 0 spiro atoms. The van der Waals surface area contributed by atoms with Crippen molar-refractivity contribution in [2.75, 3.05) is 0 Å². The minimum Gasteiger partial charge on any atom is -0.386 e. The van der Waals surface area contributed by atoms with E-state index in [4.69, 9.17) is 14.5 Å². The van der Waals surface area contributed by atoms with Crippen molar-refractivity contribution in [3.63, 3.8) is 0 Å². The van der Waals surface area contributed by atoms with Crippen LogP contribution in [-0.2, 0) is 23.7 Å². The summed E-state index contributed by atoms with van der Waals surface area (Å²) in [4.78, 5) is 17.6. The van der Waals surface area contributed by atoms with Crippen molar-refractivity contribution < 1.29 is 37.1 Å². The number of rotatable bonds is 4. The van der Waals surface area contributed by atoms with Gasteiger partial charge < -0.3 is 19.6 Å². The molecule has 2 rings (SSSR count). The van der Waals surface area contributed by atoms with Gasteiger partial charge in [0, 0.05) is 4.47 Å². The van der Waals surface area contributed by atoms with E-state index in [1.54, 1.807) is 0 Å². The zero-order valence-corrected chi connectivity index (χ0v) is 14.5. The van der Waals surface area contributed by atoms with Gasteiger partial charge in [-0.15, -0.1) is 0 Å². The van der Waals surface area contributed by atoms with Gasteiger partial charge in [-0.25, -0.2) is 13.0 Å². The highest BCUT2D eigenvalue weighted by molar-refractivity contribution is 9.10. The van der Waals surface area contributed by atoms with Crippen molar-refractivity contribution >= 4 is 33.6 Å². The van der Waals surface area contributed by atoms with Gasteiger partial charge in [0.05, 0.1) is 11.0 Å². The van der Waals surface area contributed by atoms with Crippen LogP contribution in [0.3, 0.4) is 0 Å². The van der Waals surface area contributed by atoms with Crippen LogP contribution in [0.1, 0.15) is 6.92 Å². The summed E-state index contributed by atoms with van der Waals surface area (Å²) in [6, 6.07) is 5.69. The predicted molar refractivity (Wildman–Crippen MR) is 78.6 cm³/mol. The number of phosphoric ester groups is 1. The Hall–Kier alpha value is -0.320. The summed E-state index contributed by atoms with van der Waals surface area (Å²) in [5, 5.41) is 10.1. The number of benzene rings is 1. The summed E-state index contributed by atoms with van der Waals surface area (Å²) >= 11 is 3.18. The lowest BCUT2D eigenvalue weighted by Crippen LogP contribution is -2.37. The molecule has 8 nitrogen and oxygen atoms in total. The number of hydrogen-bond acceptors (Lipinski definition) is 6. The molecule has 0 aliphatic carbocycles. The Kier molecular flexibility index (Phi) is 5.15. The lowest BCUT2D eigenvalue weighted by molar-refractivity contribution is 0.0273. The molecule has 0 radical (unpaired) electrons. The Bertz CT molecular complexity index is 685. The number of aliphatic hydroxyl groups excluding tert-OH is 1. The largest absolute Gasteiger partial charge is 0.470 e. The third-order valence-corrected chi connectivity index (χ3v) is 6.11. The third-order valence-electron chi connectivity index (χ3n) is 3.13. The Morgan fingerprint density at radius 2 is 1.82 bits per heavy atom.